The van der Waals surface area contributed by atoms with Crippen molar-refractivity contribution in [3.05, 3.63) is 29.3 Å². The van der Waals surface area contributed by atoms with Crippen LogP contribution in [0.5, 0.6) is 0 Å². The number of primary amides is 1. The van der Waals surface area contributed by atoms with E-state index in [2.05, 4.69) is 10.6 Å². The Morgan fingerprint density at radius 1 is 1.33 bits per heavy atom. The van der Waals surface area contributed by atoms with E-state index in [4.69, 9.17) is 5.73 Å². The summed E-state index contributed by atoms with van der Waals surface area (Å²) in [4.78, 5) is 23.6. The molecule has 1 aliphatic heterocycles. The zero-order valence-electron chi connectivity index (χ0n) is 12.4. The molecule has 0 radical (unpaired) electrons. The predicted octanol–water partition coefficient (Wildman–Crippen LogP) is 1.99. The average molecular weight is 312 g/mol. The third kappa shape index (κ3) is 3.95. The van der Waals surface area contributed by atoms with E-state index in [1.807, 2.05) is 13.8 Å². The normalized spacial score (nSPS) is 21.2. The van der Waals surface area contributed by atoms with Gasteiger partial charge in [0.1, 0.15) is 0 Å². The molecule has 1 saturated heterocycles. The smallest absolute Gasteiger partial charge is 0.248 e. The van der Waals surface area contributed by atoms with Crippen molar-refractivity contribution in [1.82, 2.24) is 5.32 Å². The highest BCUT2D eigenvalue weighted by atomic mass is 35.5. The molecule has 1 aromatic carbocycles. The highest BCUT2D eigenvalue weighted by Crippen LogP contribution is 2.23. The largest absolute Gasteiger partial charge is 0.366 e. The number of carbonyl (C=O) groups is 2. The molecule has 0 aromatic heterocycles. The number of hydrogen-bond acceptors (Lipinski definition) is 3. The van der Waals surface area contributed by atoms with Crippen LogP contribution in [0.2, 0.25) is 0 Å². The van der Waals surface area contributed by atoms with Crippen LogP contribution in [0.15, 0.2) is 18.2 Å². The van der Waals surface area contributed by atoms with Gasteiger partial charge in [0.25, 0.3) is 0 Å². The van der Waals surface area contributed by atoms with Gasteiger partial charge in [-0.05, 0) is 57.4 Å². The van der Waals surface area contributed by atoms with Gasteiger partial charge in [-0.2, -0.15) is 0 Å². The molecule has 1 aliphatic rings. The van der Waals surface area contributed by atoms with Crippen LogP contribution in [0.3, 0.4) is 0 Å². The van der Waals surface area contributed by atoms with Crippen LogP contribution in [-0.4, -0.2) is 23.9 Å². The number of piperidine rings is 1. The first kappa shape index (κ1) is 17.5. The highest BCUT2D eigenvalue weighted by Gasteiger charge is 2.34. The number of aryl methyl sites for hydroxylation is 1. The molecule has 0 aliphatic carbocycles. The minimum Gasteiger partial charge on any atom is -0.366 e. The molecule has 0 bridgehead atoms. The van der Waals surface area contributed by atoms with Crippen LogP contribution in [0.25, 0.3) is 0 Å². The van der Waals surface area contributed by atoms with Gasteiger partial charge in [-0.25, -0.2) is 0 Å². The monoisotopic (exact) mass is 311 g/mol. The van der Waals surface area contributed by atoms with Crippen LogP contribution in [0.1, 0.15) is 42.1 Å². The van der Waals surface area contributed by atoms with Crippen molar-refractivity contribution in [2.24, 2.45) is 5.73 Å². The van der Waals surface area contributed by atoms with Gasteiger partial charge in [0.2, 0.25) is 11.8 Å². The molecule has 2 rings (SSSR count). The number of halogens is 1. The van der Waals surface area contributed by atoms with E-state index in [1.165, 1.54) is 0 Å². The summed E-state index contributed by atoms with van der Waals surface area (Å²) in [6.07, 6.45) is 2.95. The summed E-state index contributed by atoms with van der Waals surface area (Å²) < 4.78 is 0. The van der Waals surface area contributed by atoms with Crippen molar-refractivity contribution in [1.29, 1.82) is 0 Å². The van der Waals surface area contributed by atoms with Crippen LogP contribution in [-0.2, 0) is 4.79 Å². The summed E-state index contributed by atoms with van der Waals surface area (Å²) >= 11 is 0. The molecule has 6 heteroatoms. The molecule has 1 fully saturated rings. The number of nitrogens with one attached hydrogen (secondary N) is 2. The number of carbonyl (C=O) groups excluding carboxylic acids is 2. The second-order valence-electron chi connectivity index (χ2n) is 5.56. The van der Waals surface area contributed by atoms with Crippen LogP contribution >= 0.6 is 12.4 Å². The topological polar surface area (TPSA) is 84.2 Å². The first-order valence-electron chi connectivity index (χ1n) is 6.89. The minimum absolute atomic E-state index is 0. The second kappa shape index (κ2) is 6.91. The molecular formula is C15H22ClN3O2. The maximum absolute atomic E-state index is 12.4. The molecule has 116 valence electrons. The number of anilines is 1. The fourth-order valence-corrected chi connectivity index (χ4v) is 2.42. The minimum atomic E-state index is -0.548. The van der Waals surface area contributed by atoms with Crippen molar-refractivity contribution in [3.63, 3.8) is 0 Å². The van der Waals surface area contributed by atoms with Gasteiger partial charge in [-0.3, -0.25) is 9.59 Å². The van der Waals surface area contributed by atoms with E-state index in [0.29, 0.717) is 11.3 Å². The third-order valence-electron chi connectivity index (χ3n) is 3.89. The Labute approximate surface area is 131 Å². The lowest BCUT2D eigenvalue weighted by Crippen LogP contribution is -2.54. The van der Waals surface area contributed by atoms with E-state index in [-0.39, 0.29) is 18.3 Å². The maximum atomic E-state index is 12.4. The van der Waals surface area contributed by atoms with Gasteiger partial charge >= 0.3 is 0 Å². The van der Waals surface area contributed by atoms with Crippen LogP contribution in [0.4, 0.5) is 5.69 Å². The molecule has 1 unspecified atom stereocenters. The SMILES string of the molecule is Cc1ccc(C(N)=O)cc1NC(=O)C1(C)CCCCN1.Cl. The first-order chi connectivity index (χ1) is 9.42. The Morgan fingerprint density at radius 3 is 2.62 bits per heavy atom. The van der Waals surface area contributed by atoms with Crippen molar-refractivity contribution < 1.29 is 9.59 Å². The maximum Gasteiger partial charge on any atom is 0.248 e. The molecule has 4 N–H and O–H groups in total. The number of rotatable bonds is 3. The van der Waals surface area contributed by atoms with Gasteiger partial charge in [0.15, 0.2) is 0 Å². The number of amides is 2. The molecule has 0 saturated carbocycles. The molecule has 1 atom stereocenters. The fraction of sp³-hybridized carbons (Fsp3) is 0.467. The summed E-state index contributed by atoms with van der Waals surface area (Å²) in [5.41, 5.74) is 6.66. The zero-order valence-corrected chi connectivity index (χ0v) is 13.2. The van der Waals surface area contributed by atoms with E-state index < -0.39 is 11.4 Å². The number of nitrogens with two attached hydrogens (primary N) is 1. The standard InChI is InChI=1S/C15H21N3O2.ClH/c1-10-5-6-11(13(16)19)9-12(10)18-14(20)15(2)7-3-4-8-17-15;/h5-6,9,17H,3-4,7-8H2,1-2H3,(H2,16,19)(H,18,20);1H. The lowest BCUT2D eigenvalue weighted by atomic mass is 9.90. The Balaban J connectivity index is 0.00000220. The molecule has 21 heavy (non-hydrogen) atoms. The van der Waals surface area contributed by atoms with Gasteiger partial charge in [-0.1, -0.05) is 6.07 Å². The van der Waals surface area contributed by atoms with Crippen molar-refractivity contribution in [2.45, 2.75) is 38.6 Å². The summed E-state index contributed by atoms with van der Waals surface area (Å²) in [6.45, 7) is 4.65. The number of benzene rings is 1. The summed E-state index contributed by atoms with van der Waals surface area (Å²) in [5.74, 6) is -0.565. The average Bonchev–Trinajstić information content (AvgIpc) is 2.41. The van der Waals surface area contributed by atoms with Crippen molar-refractivity contribution >= 4 is 29.9 Å². The lowest BCUT2D eigenvalue weighted by molar-refractivity contribution is -0.122. The van der Waals surface area contributed by atoms with Gasteiger partial charge < -0.3 is 16.4 Å². The first-order valence-corrected chi connectivity index (χ1v) is 6.89. The quantitative estimate of drug-likeness (QED) is 0.798. The van der Waals surface area contributed by atoms with Gasteiger partial charge in [0, 0.05) is 11.3 Å². The Kier molecular flexibility index (Phi) is 5.75. The molecule has 1 aromatic rings. The van der Waals surface area contributed by atoms with E-state index in [9.17, 15) is 9.59 Å². The third-order valence-corrected chi connectivity index (χ3v) is 3.89. The molecule has 1 heterocycles. The molecule has 5 nitrogen and oxygen atoms in total. The zero-order chi connectivity index (χ0) is 14.8. The number of hydrogen-bond donors (Lipinski definition) is 3. The molecule has 2 amide bonds. The van der Waals surface area contributed by atoms with Crippen LogP contribution < -0.4 is 16.4 Å². The van der Waals surface area contributed by atoms with Crippen molar-refractivity contribution in [2.75, 3.05) is 11.9 Å². The Bertz CT molecular complexity index is 540. The summed E-state index contributed by atoms with van der Waals surface area (Å²) in [5, 5.41) is 6.18. The Morgan fingerprint density at radius 2 is 2.05 bits per heavy atom. The molecular weight excluding hydrogens is 290 g/mol. The van der Waals surface area contributed by atoms with E-state index in [1.54, 1.807) is 18.2 Å². The Hall–Kier alpha value is -1.59. The molecule has 0 spiro atoms. The van der Waals surface area contributed by atoms with Crippen molar-refractivity contribution in [3.8, 4) is 0 Å². The van der Waals surface area contributed by atoms with Gasteiger partial charge in [0.05, 0.1) is 5.54 Å². The second-order valence-corrected chi connectivity index (χ2v) is 5.56. The van der Waals surface area contributed by atoms with E-state index in [0.717, 1.165) is 31.4 Å². The highest BCUT2D eigenvalue weighted by molar-refractivity contribution is 6.00. The van der Waals surface area contributed by atoms with Crippen LogP contribution in [0, 0.1) is 6.92 Å². The summed E-state index contributed by atoms with van der Waals surface area (Å²) in [7, 11) is 0. The van der Waals surface area contributed by atoms with Gasteiger partial charge in [-0.15, -0.1) is 12.4 Å². The fourth-order valence-electron chi connectivity index (χ4n) is 2.42. The van der Waals surface area contributed by atoms with E-state index >= 15 is 0 Å². The lowest BCUT2D eigenvalue weighted by Gasteiger charge is -2.33. The summed E-state index contributed by atoms with van der Waals surface area (Å²) in [6, 6.07) is 5.07. The predicted molar refractivity (Wildman–Crippen MR) is 85.8 cm³/mol.